The fraction of sp³-hybridized carbons (Fsp3) is 0.286. The van der Waals surface area contributed by atoms with Gasteiger partial charge in [-0.05, 0) is 66.3 Å². The van der Waals surface area contributed by atoms with Crippen LogP contribution in [0.5, 0.6) is 0 Å². The van der Waals surface area contributed by atoms with Crippen LogP contribution in [-0.2, 0) is 24.2 Å². The topological polar surface area (TPSA) is 46.9 Å². The zero-order valence-corrected chi connectivity index (χ0v) is 19.0. The van der Waals surface area contributed by atoms with Crippen LogP contribution < -0.4 is 5.32 Å². The number of carbonyl (C=O) groups is 1. The van der Waals surface area contributed by atoms with Crippen LogP contribution in [0.15, 0.2) is 67.0 Å². The Hall–Kier alpha value is -3.47. The Bertz CT molecular complexity index is 1310. The van der Waals surface area contributed by atoms with Crippen LogP contribution in [0.1, 0.15) is 37.1 Å². The molecule has 5 heteroatoms. The molecule has 1 unspecified atom stereocenters. The maximum atomic E-state index is 13.9. The van der Waals surface area contributed by atoms with Gasteiger partial charge in [-0.25, -0.2) is 4.39 Å². The lowest BCUT2D eigenvalue weighted by Gasteiger charge is -2.26. The van der Waals surface area contributed by atoms with Crippen LogP contribution in [0.2, 0.25) is 0 Å². The first-order valence-corrected chi connectivity index (χ1v) is 11.6. The van der Waals surface area contributed by atoms with E-state index in [2.05, 4.69) is 39.1 Å². The molecule has 0 saturated heterocycles. The number of benzene rings is 2. The standard InChI is InChI=1S/C28H28FN3O/c1-18(2)28(33)31-23-9-11-27-25(15-23)24-14-20(21-6-4-12-30-16-21)8-10-26(24)32(27)17-19-5-3-7-22(29)13-19/h3-8,10,12-14,16,18,23H,9,11,15,17H2,1-2H3,(H,31,33). The molecule has 4 aromatic rings. The number of halogens is 1. The summed E-state index contributed by atoms with van der Waals surface area (Å²) in [6, 6.07) is 17.5. The summed E-state index contributed by atoms with van der Waals surface area (Å²) < 4.78 is 16.2. The van der Waals surface area contributed by atoms with Crippen molar-refractivity contribution < 1.29 is 9.18 Å². The number of nitrogens with zero attached hydrogens (tertiary/aromatic N) is 2. The maximum Gasteiger partial charge on any atom is 0.222 e. The fourth-order valence-electron chi connectivity index (χ4n) is 4.85. The molecule has 0 spiro atoms. The van der Waals surface area contributed by atoms with Gasteiger partial charge in [0, 0.05) is 53.1 Å². The monoisotopic (exact) mass is 441 g/mol. The van der Waals surface area contributed by atoms with Gasteiger partial charge in [-0.1, -0.05) is 38.1 Å². The summed E-state index contributed by atoms with van der Waals surface area (Å²) in [5, 5.41) is 4.43. The van der Waals surface area contributed by atoms with E-state index in [0.29, 0.717) is 6.54 Å². The lowest BCUT2D eigenvalue weighted by molar-refractivity contribution is -0.124. The lowest BCUT2D eigenvalue weighted by atomic mass is 9.90. The number of hydrogen-bond acceptors (Lipinski definition) is 2. The minimum atomic E-state index is -0.215. The minimum absolute atomic E-state index is 0.0297. The predicted octanol–water partition coefficient (Wildman–Crippen LogP) is 5.52. The molecule has 1 atom stereocenters. The quantitative estimate of drug-likeness (QED) is 0.443. The van der Waals surface area contributed by atoms with Crippen molar-refractivity contribution in [2.45, 2.75) is 45.7 Å². The Balaban J connectivity index is 1.59. The van der Waals surface area contributed by atoms with E-state index in [-0.39, 0.29) is 23.7 Å². The summed E-state index contributed by atoms with van der Waals surface area (Å²) in [5.41, 5.74) is 6.86. The van der Waals surface area contributed by atoms with Crippen molar-refractivity contribution in [2.75, 3.05) is 0 Å². The summed E-state index contributed by atoms with van der Waals surface area (Å²) >= 11 is 0. The molecule has 4 nitrogen and oxygen atoms in total. The van der Waals surface area contributed by atoms with Crippen LogP contribution in [-0.4, -0.2) is 21.5 Å². The van der Waals surface area contributed by atoms with Gasteiger partial charge in [0.05, 0.1) is 0 Å². The number of rotatable bonds is 5. The van der Waals surface area contributed by atoms with E-state index < -0.39 is 0 Å². The van der Waals surface area contributed by atoms with Gasteiger partial charge >= 0.3 is 0 Å². The molecule has 2 aromatic carbocycles. The lowest BCUT2D eigenvalue weighted by Crippen LogP contribution is -2.41. The third-order valence-corrected chi connectivity index (χ3v) is 6.56. The molecule has 1 aliphatic carbocycles. The summed E-state index contributed by atoms with van der Waals surface area (Å²) in [7, 11) is 0. The number of hydrogen-bond donors (Lipinski definition) is 1. The van der Waals surface area contributed by atoms with E-state index in [1.54, 1.807) is 18.3 Å². The summed E-state index contributed by atoms with van der Waals surface area (Å²) in [5.74, 6) is -0.144. The highest BCUT2D eigenvalue weighted by molar-refractivity contribution is 5.90. The molecule has 2 aromatic heterocycles. The highest BCUT2D eigenvalue weighted by Gasteiger charge is 2.27. The number of fused-ring (bicyclic) bond motifs is 3. The molecule has 168 valence electrons. The second kappa shape index (κ2) is 8.81. The Morgan fingerprint density at radius 1 is 1.15 bits per heavy atom. The fourth-order valence-corrected chi connectivity index (χ4v) is 4.85. The molecule has 0 aliphatic heterocycles. The van der Waals surface area contributed by atoms with E-state index >= 15 is 0 Å². The highest BCUT2D eigenvalue weighted by atomic mass is 19.1. The van der Waals surface area contributed by atoms with Gasteiger partial charge in [-0.2, -0.15) is 0 Å². The third-order valence-electron chi connectivity index (χ3n) is 6.56. The normalized spacial score (nSPS) is 15.6. The van der Waals surface area contributed by atoms with Gasteiger partial charge in [-0.15, -0.1) is 0 Å². The number of pyridine rings is 1. The molecule has 0 radical (unpaired) electrons. The van der Waals surface area contributed by atoms with Crippen molar-refractivity contribution in [3.05, 3.63) is 89.6 Å². The molecule has 0 saturated carbocycles. The molecule has 0 fully saturated rings. The molecule has 1 N–H and O–H groups in total. The largest absolute Gasteiger partial charge is 0.353 e. The van der Waals surface area contributed by atoms with Gasteiger partial charge in [0.25, 0.3) is 0 Å². The SMILES string of the molecule is CC(C)C(=O)NC1CCc2c(c3cc(-c4cccnc4)ccc3n2Cc2cccc(F)c2)C1. The molecule has 1 aliphatic rings. The number of amides is 1. The Kier molecular flexibility index (Phi) is 5.71. The average Bonchev–Trinajstić information content (AvgIpc) is 3.12. The summed E-state index contributed by atoms with van der Waals surface area (Å²) in [6.07, 6.45) is 6.24. The van der Waals surface area contributed by atoms with Crippen molar-refractivity contribution >= 4 is 16.8 Å². The van der Waals surface area contributed by atoms with Crippen molar-refractivity contribution in [1.29, 1.82) is 0 Å². The smallest absolute Gasteiger partial charge is 0.222 e. The van der Waals surface area contributed by atoms with Gasteiger partial charge in [0.2, 0.25) is 5.91 Å². The van der Waals surface area contributed by atoms with Gasteiger partial charge < -0.3 is 9.88 Å². The second-order valence-corrected chi connectivity index (χ2v) is 9.22. The van der Waals surface area contributed by atoms with Crippen molar-refractivity contribution in [3.8, 4) is 11.1 Å². The molecular formula is C28H28FN3O. The number of carbonyl (C=O) groups excluding carboxylic acids is 1. The molecule has 0 bridgehead atoms. The first-order valence-electron chi connectivity index (χ1n) is 11.6. The molecular weight excluding hydrogens is 413 g/mol. The number of aromatic nitrogens is 2. The first-order chi connectivity index (χ1) is 16.0. The van der Waals surface area contributed by atoms with E-state index in [1.165, 1.54) is 22.7 Å². The van der Waals surface area contributed by atoms with Crippen LogP contribution >= 0.6 is 0 Å². The molecule has 2 heterocycles. The van der Waals surface area contributed by atoms with Gasteiger partial charge in [-0.3, -0.25) is 9.78 Å². The molecule has 5 rings (SSSR count). The molecule has 1 amide bonds. The van der Waals surface area contributed by atoms with Crippen LogP contribution in [0.3, 0.4) is 0 Å². The van der Waals surface area contributed by atoms with E-state index in [9.17, 15) is 9.18 Å². The van der Waals surface area contributed by atoms with Crippen LogP contribution in [0, 0.1) is 11.7 Å². The minimum Gasteiger partial charge on any atom is -0.353 e. The zero-order chi connectivity index (χ0) is 22.9. The molecule has 33 heavy (non-hydrogen) atoms. The van der Waals surface area contributed by atoms with Crippen LogP contribution in [0.25, 0.3) is 22.0 Å². The van der Waals surface area contributed by atoms with E-state index in [0.717, 1.165) is 41.5 Å². The first kappa shape index (κ1) is 21.4. The van der Waals surface area contributed by atoms with Gasteiger partial charge in [0.1, 0.15) is 5.82 Å². The Morgan fingerprint density at radius 3 is 2.79 bits per heavy atom. The number of nitrogens with one attached hydrogen (secondary N) is 1. The predicted molar refractivity (Wildman–Crippen MR) is 129 cm³/mol. The second-order valence-electron chi connectivity index (χ2n) is 9.22. The third kappa shape index (κ3) is 4.28. The van der Waals surface area contributed by atoms with Crippen molar-refractivity contribution in [1.82, 2.24) is 14.9 Å². The Morgan fingerprint density at radius 2 is 2.03 bits per heavy atom. The highest BCUT2D eigenvalue weighted by Crippen LogP contribution is 2.35. The zero-order valence-electron chi connectivity index (χ0n) is 19.0. The van der Waals surface area contributed by atoms with Crippen molar-refractivity contribution in [3.63, 3.8) is 0 Å². The summed E-state index contributed by atoms with van der Waals surface area (Å²) in [6.45, 7) is 4.47. The van der Waals surface area contributed by atoms with Crippen LogP contribution in [0.4, 0.5) is 4.39 Å². The van der Waals surface area contributed by atoms with Gasteiger partial charge in [0.15, 0.2) is 0 Å². The van der Waals surface area contributed by atoms with Crippen molar-refractivity contribution in [2.24, 2.45) is 5.92 Å². The maximum absolute atomic E-state index is 13.9. The average molecular weight is 442 g/mol. The Labute approximate surface area is 193 Å². The van der Waals surface area contributed by atoms with E-state index in [1.807, 2.05) is 32.2 Å². The summed E-state index contributed by atoms with van der Waals surface area (Å²) in [4.78, 5) is 16.6. The van der Waals surface area contributed by atoms with E-state index in [4.69, 9.17) is 0 Å².